The first-order chi connectivity index (χ1) is 10.8. The molecule has 122 valence electrons. The maximum absolute atomic E-state index is 12.5. The van der Waals surface area contributed by atoms with Crippen molar-refractivity contribution in [3.8, 4) is 11.3 Å². The summed E-state index contributed by atoms with van der Waals surface area (Å²) in [5, 5.41) is 3.71. The van der Waals surface area contributed by atoms with E-state index in [1.807, 2.05) is 6.07 Å². The number of ether oxygens (including phenoxy) is 2. The van der Waals surface area contributed by atoms with Crippen molar-refractivity contribution in [1.82, 2.24) is 5.16 Å². The molecule has 0 radical (unpaired) electrons. The number of hydrogen-bond acceptors (Lipinski definition) is 6. The van der Waals surface area contributed by atoms with Crippen LogP contribution >= 0.6 is 0 Å². The first-order valence-electron chi connectivity index (χ1n) is 7.29. The second-order valence-electron chi connectivity index (χ2n) is 5.82. The second-order valence-corrected chi connectivity index (χ2v) is 5.82. The Hall–Kier alpha value is -2.63. The maximum Gasteiger partial charge on any atom is 0.361 e. The van der Waals surface area contributed by atoms with Crippen molar-refractivity contribution >= 4 is 11.9 Å². The Labute approximate surface area is 134 Å². The van der Waals surface area contributed by atoms with Crippen LogP contribution < -0.4 is 0 Å². The molecule has 23 heavy (non-hydrogen) atoms. The molecule has 2 aromatic rings. The lowest BCUT2D eigenvalue weighted by Gasteiger charge is -2.19. The van der Waals surface area contributed by atoms with Crippen LogP contribution in [0.3, 0.4) is 0 Å². The van der Waals surface area contributed by atoms with E-state index in [2.05, 4.69) is 5.16 Å². The molecule has 0 aliphatic rings. The van der Waals surface area contributed by atoms with Gasteiger partial charge in [0.05, 0.1) is 6.61 Å². The molecule has 6 heteroatoms. The molecule has 0 aliphatic heterocycles. The summed E-state index contributed by atoms with van der Waals surface area (Å²) in [6.07, 6.45) is 0. The Morgan fingerprint density at radius 2 is 1.78 bits per heavy atom. The lowest BCUT2D eigenvalue weighted by molar-refractivity contribution is 0.00650. The minimum Gasteiger partial charge on any atom is -0.461 e. The van der Waals surface area contributed by atoms with Crippen LogP contribution in [0.4, 0.5) is 0 Å². The summed E-state index contributed by atoms with van der Waals surface area (Å²) in [5.41, 5.74) is -0.297. The molecule has 0 bridgehead atoms. The van der Waals surface area contributed by atoms with Gasteiger partial charge >= 0.3 is 11.9 Å². The largest absolute Gasteiger partial charge is 0.461 e. The third-order valence-electron chi connectivity index (χ3n) is 2.80. The van der Waals surface area contributed by atoms with E-state index in [1.54, 1.807) is 52.0 Å². The number of aromatic nitrogens is 1. The van der Waals surface area contributed by atoms with E-state index in [1.165, 1.54) is 0 Å². The van der Waals surface area contributed by atoms with Crippen LogP contribution in [0, 0.1) is 0 Å². The molecule has 0 amide bonds. The van der Waals surface area contributed by atoms with E-state index in [0.29, 0.717) is 5.56 Å². The highest BCUT2D eigenvalue weighted by molar-refractivity contribution is 6.05. The minimum absolute atomic E-state index is 0.0235. The van der Waals surface area contributed by atoms with Gasteiger partial charge < -0.3 is 14.0 Å². The summed E-state index contributed by atoms with van der Waals surface area (Å²) >= 11 is 0. The van der Waals surface area contributed by atoms with Gasteiger partial charge in [0.2, 0.25) is 5.69 Å². The van der Waals surface area contributed by atoms with Crippen molar-refractivity contribution < 1.29 is 23.6 Å². The predicted molar refractivity (Wildman–Crippen MR) is 83.1 cm³/mol. The first kappa shape index (κ1) is 16.7. The van der Waals surface area contributed by atoms with E-state index < -0.39 is 17.5 Å². The van der Waals surface area contributed by atoms with Gasteiger partial charge in [-0.3, -0.25) is 0 Å². The molecule has 0 N–H and O–H groups in total. The summed E-state index contributed by atoms with van der Waals surface area (Å²) in [5.74, 6) is -1.22. The SMILES string of the molecule is CCOC(=O)c1noc(-c2ccccc2)c1C(=O)OC(C)(C)C. The Balaban J connectivity index is 2.52. The van der Waals surface area contributed by atoms with Gasteiger partial charge in [-0.1, -0.05) is 35.5 Å². The lowest BCUT2D eigenvalue weighted by atomic mass is 10.1. The van der Waals surface area contributed by atoms with Crippen LogP contribution in [0.15, 0.2) is 34.9 Å². The molecular formula is C17H19NO5. The third-order valence-corrected chi connectivity index (χ3v) is 2.80. The van der Waals surface area contributed by atoms with Crippen molar-refractivity contribution in [3.05, 3.63) is 41.6 Å². The smallest absolute Gasteiger partial charge is 0.361 e. The normalized spacial score (nSPS) is 11.1. The summed E-state index contributed by atoms with van der Waals surface area (Å²) in [6.45, 7) is 7.06. The van der Waals surface area contributed by atoms with E-state index in [0.717, 1.165) is 0 Å². The van der Waals surface area contributed by atoms with Crippen molar-refractivity contribution in [1.29, 1.82) is 0 Å². The van der Waals surface area contributed by atoms with Gasteiger partial charge in [0.15, 0.2) is 5.76 Å². The summed E-state index contributed by atoms with van der Waals surface area (Å²) in [6, 6.07) is 8.92. The molecule has 0 aliphatic carbocycles. The van der Waals surface area contributed by atoms with Crippen molar-refractivity contribution in [3.63, 3.8) is 0 Å². The summed E-state index contributed by atoms with van der Waals surface area (Å²) in [7, 11) is 0. The molecule has 0 atom stereocenters. The molecule has 0 saturated heterocycles. The Kier molecular flexibility index (Phi) is 4.83. The van der Waals surface area contributed by atoms with Crippen LogP contribution in [-0.2, 0) is 9.47 Å². The van der Waals surface area contributed by atoms with E-state index >= 15 is 0 Å². The fraction of sp³-hybridized carbons (Fsp3) is 0.353. The van der Waals surface area contributed by atoms with Crippen molar-refractivity contribution in [2.75, 3.05) is 6.61 Å². The van der Waals surface area contributed by atoms with Crippen LogP contribution in [0.1, 0.15) is 48.5 Å². The fourth-order valence-corrected chi connectivity index (χ4v) is 1.93. The molecule has 0 saturated carbocycles. The molecule has 0 unspecified atom stereocenters. The monoisotopic (exact) mass is 317 g/mol. The number of rotatable bonds is 4. The molecule has 1 aromatic heterocycles. The van der Waals surface area contributed by atoms with Crippen LogP contribution in [0.2, 0.25) is 0 Å². The molecule has 1 heterocycles. The predicted octanol–water partition coefficient (Wildman–Crippen LogP) is 3.47. The standard InChI is InChI=1S/C17H19NO5/c1-5-21-16(20)13-12(15(19)22-17(2,3)4)14(23-18-13)11-9-7-6-8-10-11/h6-10H,5H2,1-4H3. The van der Waals surface area contributed by atoms with Crippen LogP contribution in [0.5, 0.6) is 0 Å². The number of carbonyl (C=O) groups is 2. The number of benzene rings is 1. The first-order valence-corrected chi connectivity index (χ1v) is 7.29. The molecule has 0 spiro atoms. The topological polar surface area (TPSA) is 78.6 Å². The van der Waals surface area contributed by atoms with Crippen LogP contribution in [0.25, 0.3) is 11.3 Å². The Morgan fingerprint density at radius 3 is 2.35 bits per heavy atom. The average molecular weight is 317 g/mol. The number of nitrogens with zero attached hydrogens (tertiary/aromatic N) is 1. The minimum atomic E-state index is -0.723. The number of esters is 2. The average Bonchev–Trinajstić information content (AvgIpc) is 2.91. The zero-order valence-corrected chi connectivity index (χ0v) is 13.6. The van der Waals surface area contributed by atoms with Crippen molar-refractivity contribution in [2.45, 2.75) is 33.3 Å². The molecule has 0 fully saturated rings. The molecule has 6 nitrogen and oxygen atoms in total. The van der Waals surface area contributed by atoms with Gasteiger partial charge in [0.25, 0.3) is 0 Å². The zero-order valence-electron chi connectivity index (χ0n) is 13.6. The van der Waals surface area contributed by atoms with E-state index in [-0.39, 0.29) is 23.6 Å². The molecule has 2 rings (SSSR count). The maximum atomic E-state index is 12.5. The van der Waals surface area contributed by atoms with E-state index in [4.69, 9.17) is 14.0 Å². The quantitative estimate of drug-likeness (QED) is 0.803. The van der Waals surface area contributed by atoms with Gasteiger partial charge in [-0.15, -0.1) is 0 Å². The highest BCUT2D eigenvalue weighted by atomic mass is 16.6. The van der Waals surface area contributed by atoms with Gasteiger partial charge in [0, 0.05) is 5.56 Å². The van der Waals surface area contributed by atoms with Gasteiger partial charge in [-0.05, 0) is 27.7 Å². The zero-order chi connectivity index (χ0) is 17.0. The lowest BCUT2D eigenvalue weighted by Crippen LogP contribution is -2.25. The van der Waals surface area contributed by atoms with Gasteiger partial charge in [0.1, 0.15) is 11.2 Å². The number of hydrogen-bond donors (Lipinski definition) is 0. The highest BCUT2D eigenvalue weighted by Crippen LogP contribution is 2.28. The van der Waals surface area contributed by atoms with Gasteiger partial charge in [-0.25, -0.2) is 9.59 Å². The molecular weight excluding hydrogens is 298 g/mol. The Bertz CT molecular complexity index is 698. The van der Waals surface area contributed by atoms with Crippen molar-refractivity contribution in [2.24, 2.45) is 0 Å². The second kappa shape index (κ2) is 6.64. The van der Waals surface area contributed by atoms with E-state index in [9.17, 15) is 9.59 Å². The molecule has 1 aromatic carbocycles. The Morgan fingerprint density at radius 1 is 1.13 bits per heavy atom. The highest BCUT2D eigenvalue weighted by Gasteiger charge is 2.32. The van der Waals surface area contributed by atoms with Crippen LogP contribution in [-0.4, -0.2) is 29.3 Å². The third kappa shape index (κ3) is 3.97. The fourth-order valence-electron chi connectivity index (χ4n) is 1.93. The van der Waals surface area contributed by atoms with Gasteiger partial charge in [-0.2, -0.15) is 0 Å². The summed E-state index contributed by atoms with van der Waals surface area (Å²) in [4.78, 5) is 24.5. The number of carbonyl (C=O) groups excluding carboxylic acids is 2. The summed E-state index contributed by atoms with van der Waals surface area (Å²) < 4.78 is 15.5.